The van der Waals surface area contributed by atoms with E-state index in [2.05, 4.69) is 87.5 Å². The summed E-state index contributed by atoms with van der Waals surface area (Å²) < 4.78 is 10.9. The molecular formula is C25H28O2. The quantitative estimate of drug-likeness (QED) is 0.547. The molecule has 2 heteroatoms. The number of hydrogen-bond acceptors (Lipinski definition) is 2. The second-order valence-corrected chi connectivity index (χ2v) is 7.36. The van der Waals surface area contributed by atoms with Gasteiger partial charge in [-0.3, -0.25) is 0 Å². The van der Waals surface area contributed by atoms with Crippen LogP contribution in [0.4, 0.5) is 0 Å². The first-order valence-electron chi connectivity index (χ1n) is 9.32. The van der Waals surface area contributed by atoms with Crippen molar-refractivity contribution in [2.24, 2.45) is 0 Å². The van der Waals surface area contributed by atoms with E-state index < -0.39 is 0 Å². The second-order valence-electron chi connectivity index (χ2n) is 7.36. The average molecular weight is 360 g/mol. The maximum atomic E-state index is 5.47. The standard InChI is InChI=1S/C25H28O2/c1-18-15-21(11-13-23(18)26-4)25(3,17-20-9-7-6-8-10-20)22-12-14-24(27-5)19(2)16-22/h6-16H,17H2,1-5H3. The Bertz CT molecular complexity index is 859. The highest BCUT2D eigenvalue weighted by Crippen LogP contribution is 2.38. The molecule has 3 aromatic rings. The summed E-state index contributed by atoms with van der Waals surface area (Å²) in [4.78, 5) is 0. The van der Waals surface area contributed by atoms with E-state index in [0.29, 0.717) is 0 Å². The van der Waals surface area contributed by atoms with Gasteiger partial charge < -0.3 is 9.47 Å². The van der Waals surface area contributed by atoms with E-state index in [4.69, 9.17) is 9.47 Å². The van der Waals surface area contributed by atoms with Crippen molar-refractivity contribution in [1.82, 2.24) is 0 Å². The van der Waals surface area contributed by atoms with Crippen molar-refractivity contribution in [3.8, 4) is 11.5 Å². The van der Waals surface area contributed by atoms with E-state index in [1.165, 1.54) is 16.7 Å². The molecule has 0 unspecified atom stereocenters. The van der Waals surface area contributed by atoms with Crippen molar-refractivity contribution in [3.05, 3.63) is 94.5 Å². The molecule has 0 saturated heterocycles. The third kappa shape index (κ3) is 3.85. The molecule has 0 spiro atoms. The van der Waals surface area contributed by atoms with Crippen molar-refractivity contribution in [1.29, 1.82) is 0 Å². The minimum atomic E-state index is -0.157. The molecule has 0 atom stereocenters. The molecule has 0 aliphatic rings. The van der Waals surface area contributed by atoms with Gasteiger partial charge in [0.05, 0.1) is 14.2 Å². The van der Waals surface area contributed by atoms with Gasteiger partial charge in [-0.1, -0.05) is 61.5 Å². The number of benzene rings is 3. The van der Waals surface area contributed by atoms with Gasteiger partial charge in [-0.05, 0) is 60.2 Å². The van der Waals surface area contributed by atoms with Crippen LogP contribution in [-0.4, -0.2) is 14.2 Å². The summed E-state index contributed by atoms with van der Waals surface area (Å²) in [5.74, 6) is 1.85. The number of aryl methyl sites for hydroxylation is 2. The summed E-state index contributed by atoms with van der Waals surface area (Å²) in [6.45, 7) is 6.53. The van der Waals surface area contributed by atoms with Crippen LogP contribution in [0, 0.1) is 13.8 Å². The van der Waals surface area contributed by atoms with Gasteiger partial charge in [0.1, 0.15) is 11.5 Å². The van der Waals surface area contributed by atoms with E-state index in [1.807, 2.05) is 0 Å². The fraction of sp³-hybridized carbons (Fsp3) is 0.280. The largest absolute Gasteiger partial charge is 0.496 e. The molecule has 2 nitrogen and oxygen atoms in total. The Morgan fingerprint density at radius 2 is 1.19 bits per heavy atom. The first-order chi connectivity index (χ1) is 13.0. The fourth-order valence-corrected chi connectivity index (χ4v) is 3.82. The van der Waals surface area contributed by atoms with Crippen LogP contribution in [0.1, 0.15) is 34.7 Å². The lowest BCUT2D eigenvalue weighted by Gasteiger charge is -2.32. The molecule has 3 aromatic carbocycles. The maximum absolute atomic E-state index is 5.47. The molecule has 27 heavy (non-hydrogen) atoms. The third-order valence-corrected chi connectivity index (χ3v) is 5.46. The van der Waals surface area contributed by atoms with Crippen LogP contribution in [0.15, 0.2) is 66.7 Å². The average Bonchev–Trinajstić information content (AvgIpc) is 2.68. The second kappa shape index (κ2) is 7.87. The van der Waals surface area contributed by atoms with Crippen molar-refractivity contribution < 1.29 is 9.47 Å². The molecule has 0 fully saturated rings. The zero-order valence-electron chi connectivity index (χ0n) is 16.9. The van der Waals surface area contributed by atoms with Crippen LogP contribution in [0.3, 0.4) is 0 Å². The summed E-state index contributed by atoms with van der Waals surface area (Å²) in [5.41, 5.74) is 6.04. The van der Waals surface area contributed by atoms with E-state index in [1.54, 1.807) is 14.2 Å². The molecule has 0 amide bonds. The minimum Gasteiger partial charge on any atom is -0.496 e. The topological polar surface area (TPSA) is 18.5 Å². The minimum absolute atomic E-state index is 0.157. The van der Waals surface area contributed by atoms with Crippen LogP contribution < -0.4 is 9.47 Å². The van der Waals surface area contributed by atoms with Gasteiger partial charge in [0.2, 0.25) is 0 Å². The highest BCUT2D eigenvalue weighted by atomic mass is 16.5. The van der Waals surface area contributed by atoms with Gasteiger partial charge in [0, 0.05) is 5.41 Å². The first-order valence-corrected chi connectivity index (χ1v) is 9.32. The van der Waals surface area contributed by atoms with Crippen molar-refractivity contribution in [2.45, 2.75) is 32.6 Å². The smallest absolute Gasteiger partial charge is 0.121 e. The lowest BCUT2D eigenvalue weighted by Crippen LogP contribution is -2.27. The number of hydrogen-bond donors (Lipinski definition) is 0. The lowest BCUT2D eigenvalue weighted by molar-refractivity contribution is 0.410. The Balaban J connectivity index is 2.14. The summed E-state index contributed by atoms with van der Waals surface area (Å²) in [6, 6.07) is 23.7. The Hall–Kier alpha value is -2.74. The SMILES string of the molecule is COc1ccc(C(C)(Cc2ccccc2)c2ccc(OC)c(C)c2)cc1C. The Morgan fingerprint density at radius 1 is 0.704 bits per heavy atom. The van der Waals surface area contributed by atoms with E-state index in [-0.39, 0.29) is 5.41 Å². The van der Waals surface area contributed by atoms with Crippen molar-refractivity contribution >= 4 is 0 Å². The summed E-state index contributed by atoms with van der Waals surface area (Å²) in [7, 11) is 3.44. The molecule has 3 rings (SSSR count). The molecule has 140 valence electrons. The zero-order valence-corrected chi connectivity index (χ0v) is 16.9. The fourth-order valence-electron chi connectivity index (χ4n) is 3.82. The molecule has 0 aromatic heterocycles. The van der Waals surface area contributed by atoms with Crippen LogP contribution in [0.25, 0.3) is 0 Å². The molecule has 0 aliphatic heterocycles. The molecule has 0 bridgehead atoms. The molecule has 0 N–H and O–H groups in total. The highest BCUT2D eigenvalue weighted by Gasteiger charge is 2.30. The van der Waals surface area contributed by atoms with E-state index in [9.17, 15) is 0 Å². The van der Waals surface area contributed by atoms with Gasteiger partial charge in [0.15, 0.2) is 0 Å². The van der Waals surface area contributed by atoms with Crippen LogP contribution in [0.5, 0.6) is 11.5 Å². The number of methoxy groups -OCH3 is 2. The summed E-state index contributed by atoms with van der Waals surface area (Å²) >= 11 is 0. The van der Waals surface area contributed by atoms with Gasteiger partial charge in [0.25, 0.3) is 0 Å². The molecule has 0 heterocycles. The number of rotatable bonds is 6. The third-order valence-electron chi connectivity index (χ3n) is 5.46. The monoisotopic (exact) mass is 360 g/mol. The highest BCUT2D eigenvalue weighted by molar-refractivity contribution is 5.48. The van der Waals surface area contributed by atoms with Gasteiger partial charge >= 0.3 is 0 Å². The van der Waals surface area contributed by atoms with Crippen molar-refractivity contribution in [2.75, 3.05) is 14.2 Å². The molecular weight excluding hydrogens is 332 g/mol. The van der Waals surface area contributed by atoms with Gasteiger partial charge in [-0.2, -0.15) is 0 Å². The number of ether oxygens (including phenoxy) is 2. The summed E-state index contributed by atoms with van der Waals surface area (Å²) in [5, 5.41) is 0. The maximum Gasteiger partial charge on any atom is 0.121 e. The van der Waals surface area contributed by atoms with Gasteiger partial charge in [-0.15, -0.1) is 0 Å². The zero-order chi connectivity index (χ0) is 19.4. The van der Waals surface area contributed by atoms with Crippen molar-refractivity contribution in [3.63, 3.8) is 0 Å². The normalized spacial score (nSPS) is 11.3. The molecule has 0 radical (unpaired) electrons. The predicted octanol–water partition coefficient (Wildman–Crippen LogP) is 5.87. The van der Waals surface area contributed by atoms with E-state index in [0.717, 1.165) is 29.0 Å². The Morgan fingerprint density at radius 3 is 1.59 bits per heavy atom. The molecule has 0 saturated carbocycles. The van der Waals surface area contributed by atoms with Crippen LogP contribution in [0.2, 0.25) is 0 Å². The van der Waals surface area contributed by atoms with Crippen LogP contribution in [-0.2, 0) is 11.8 Å². The molecule has 0 aliphatic carbocycles. The Kier molecular flexibility index (Phi) is 5.55. The van der Waals surface area contributed by atoms with Gasteiger partial charge in [-0.25, -0.2) is 0 Å². The first kappa shape index (κ1) is 19.0. The summed E-state index contributed by atoms with van der Waals surface area (Å²) in [6.07, 6.45) is 0.922. The lowest BCUT2D eigenvalue weighted by atomic mass is 9.71. The van der Waals surface area contributed by atoms with E-state index >= 15 is 0 Å². The Labute approximate surface area is 162 Å². The van der Waals surface area contributed by atoms with Crippen LogP contribution >= 0.6 is 0 Å². The predicted molar refractivity (Wildman–Crippen MR) is 112 cm³/mol.